The molecule has 0 bridgehead atoms. The zero-order valence-corrected chi connectivity index (χ0v) is 17.2. The zero-order chi connectivity index (χ0) is 21.1. The number of amides is 1. The Kier molecular flexibility index (Phi) is 5.87. The lowest BCUT2D eigenvalue weighted by Crippen LogP contribution is -2.68. The van der Waals surface area contributed by atoms with Gasteiger partial charge >= 0.3 is 5.97 Å². The maximum atomic E-state index is 13.0. The molecule has 8 heteroatoms. The van der Waals surface area contributed by atoms with E-state index in [2.05, 4.69) is 4.98 Å². The number of fused-ring (bicyclic) bond motifs is 1. The Morgan fingerprint density at radius 1 is 1.23 bits per heavy atom. The first-order chi connectivity index (χ1) is 14.6. The predicted molar refractivity (Wildman–Crippen MR) is 114 cm³/mol. The largest absolute Gasteiger partial charge is 0.497 e. The van der Waals surface area contributed by atoms with E-state index in [0.29, 0.717) is 5.75 Å². The van der Waals surface area contributed by atoms with Gasteiger partial charge in [-0.15, -0.1) is 11.8 Å². The van der Waals surface area contributed by atoms with Crippen LogP contribution >= 0.6 is 11.8 Å². The second-order valence-corrected chi connectivity index (χ2v) is 7.95. The molecule has 0 radical (unpaired) electrons. The van der Waals surface area contributed by atoms with Crippen molar-refractivity contribution in [3.63, 3.8) is 0 Å². The van der Waals surface area contributed by atoms with E-state index in [0.717, 1.165) is 22.4 Å². The normalized spacial score (nSPS) is 20.7. The molecule has 1 amide bonds. The number of allylic oxidation sites excluding steroid dienone is 1. The number of methoxy groups -OCH3 is 1. The highest BCUT2D eigenvalue weighted by atomic mass is 32.2. The van der Waals surface area contributed by atoms with E-state index in [-0.39, 0.29) is 23.6 Å². The molecule has 1 aromatic carbocycles. The number of thioether (sulfide) groups is 1. The Morgan fingerprint density at radius 3 is 2.67 bits per heavy atom. The number of hydrogen-bond donors (Lipinski definition) is 1. The molecule has 2 aromatic rings. The second kappa shape index (κ2) is 8.73. The second-order valence-electron chi connectivity index (χ2n) is 6.85. The van der Waals surface area contributed by atoms with E-state index in [1.807, 2.05) is 36.4 Å². The Morgan fingerprint density at radius 2 is 1.97 bits per heavy atom. The first-order valence-electron chi connectivity index (χ1n) is 9.40. The van der Waals surface area contributed by atoms with Crippen LogP contribution in [0.2, 0.25) is 0 Å². The molecule has 2 N–H and O–H groups in total. The minimum Gasteiger partial charge on any atom is -0.497 e. The molecule has 4 rings (SSSR count). The van der Waals surface area contributed by atoms with Crippen molar-refractivity contribution in [2.75, 3.05) is 12.9 Å². The lowest BCUT2D eigenvalue weighted by Gasteiger charge is -2.48. The van der Waals surface area contributed by atoms with Crippen LogP contribution in [0.25, 0.3) is 6.08 Å². The molecule has 3 heterocycles. The van der Waals surface area contributed by atoms with Gasteiger partial charge in [-0.1, -0.05) is 24.3 Å². The third-order valence-electron chi connectivity index (χ3n) is 4.94. The summed E-state index contributed by atoms with van der Waals surface area (Å²) in [6, 6.07) is 10.4. The Balaban J connectivity index is 1.56. The van der Waals surface area contributed by atoms with Crippen molar-refractivity contribution >= 4 is 29.7 Å². The van der Waals surface area contributed by atoms with Crippen molar-refractivity contribution < 1.29 is 19.1 Å². The summed E-state index contributed by atoms with van der Waals surface area (Å²) in [6.45, 7) is 0.0968. The van der Waals surface area contributed by atoms with Crippen molar-refractivity contribution in [3.8, 4) is 5.75 Å². The molecule has 154 valence electrons. The molecule has 1 fully saturated rings. The van der Waals surface area contributed by atoms with Crippen LogP contribution in [0.1, 0.15) is 11.1 Å². The number of ether oxygens (including phenoxy) is 2. The number of pyridine rings is 1. The van der Waals surface area contributed by atoms with E-state index in [4.69, 9.17) is 15.2 Å². The summed E-state index contributed by atoms with van der Waals surface area (Å²) in [5.41, 5.74) is 8.69. The Labute approximate surface area is 178 Å². The first kappa shape index (κ1) is 20.2. The minimum atomic E-state index is -0.592. The molecule has 30 heavy (non-hydrogen) atoms. The molecule has 1 unspecified atom stereocenters. The molecule has 2 aliphatic rings. The average molecular weight is 423 g/mol. The van der Waals surface area contributed by atoms with Crippen LogP contribution in [-0.4, -0.2) is 46.0 Å². The van der Waals surface area contributed by atoms with E-state index in [9.17, 15) is 9.59 Å². The van der Waals surface area contributed by atoms with Crippen molar-refractivity contribution in [1.82, 2.24) is 9.88 Å². The highest BCUT2D eigenvalue weighted by molar-refractivity contribution is 8.00. The van der Waals surface area contributed by atoms with Crippen LogP contribution in [0.3, 0.4) is 0 Å². The molecular weight excluding hydrogens is 402 g/mol. The van der Waals surface area contributed by atoms with E-state index in [1.54, 1.807) is 43.4 Å². The highest BCUT2D eigenvalue weighted by Crippen LogP contribution is 2.40. The average Bonchev–Trinajstić information content (AvgIpc) is 2.81. The van der Waals surface area contributed by atoms with Crippen molar-refractivity contribution in [2.45, 2.75) is 18.0 Å². The van der Waals surface area contributed by atoms with Gasteiger partial charge in [0.25, 0.3) is 0 Å². The molecule has 1 aromatic heterocycles. The fourth-order valence-electron chi connectivity index (χ4n) is 3.27. The maximum absolute atomic E-state index is 13.0. The molecule has 2 aliphatic heterocycles. The van der Waals surface area contributed by atoms with Gasteiger partial charge in [-0.2, -0.15) is 0 Å². The van der Waals surface area contributed by atoms with E-state index >= 15 is 0 Å². The van der Waals surface area contributed by atoms with Gasteiger partial charge in [0.2, 0.25) is 5.91 Å². The standard InChI is InChI=1S/C22H21N3O4S/c1-28-17-6-3-15(4-7-17)12-29-22(27)19-16(5-2-14-8-10-24-11-9-14)13-30-21-18(23)20(26)25(19)21/h2-11,18,21H,12-13,23H2,1H3/b5-2+/t18?,21-/m1/s1. The van der Waals surface area contributed by atoms with Crippen molar-refractivity contribution in [1.29, 1.82) is 0 Å². The quantitative estimate of drug-likeness (QED) is 0.563. The van der Waals surface area contributed by atoms with Gasteiger partial charge in [0, 0.05) is 18.1 Å². The van der Waals surface area contributed by atoms with Gasteiger partial charge < -0.3 is 15.2 Å². The summed E-state index contributed by atoms with van der Waals surface area (Å²) in [5.74, 6) is 0.490. The van der Waals surface area contributed by atoms with Gasteiger partial charge in [-0.25, -0.2) is 4.79 Å². The fourth-order valence-corrected chi connectivity index (χ4v) is 4.53. The van der Waals surface area contributed by atoms with Crippen LogP contribution in [0.5, 0.6) is 5.75 Å². The first-order valence-corrected chi connectivity index (χ1v) is 10.4. The number of carbonyl (C=O) groups excluding carboxylic acids is 2. The summed E-state index contributed by atoms with van der Waals surface area (Å²) in [5, 5.41) is -0.237. The summed E-state index contributed by atoms with van der Waals surface area (Å²) in [6.07, 6.45) is 7.13. The predicted octanol–water partition coefficient (Wildman–Crippen LogP) is 2.34. The van der Waals surface area contributed by atoms with Gasteiger partial charge in [-0.05, 0) is 41.0 Å². The topological polar surface area (TPSA) is 94.7 Å². The number of nitrogens with two attached hydrogens (primary N) is 1. The van der Waals surface area contributed by atoms with Crippen molar-refractivity contribution in [2.24, 2.45) is 5.73 Å². The number of rotatable bonds is 6. The minimum absolute atomic E-state index is 0.0968. The number of nitrogens with zero attached hydrogens (tertiary/aromatic N) is 2. The van der Waals surface area contributed by atoms with Gasteiger partial charge in [0.15, 0.2) is 0 Å². The zero-order valence-electron chi connectivity index (χ0n) is 16.4. The summed E-state index contributed by atoms with van der Waals surface area (Å²) >= 11 is 1.54. The van der Waals surface area contributed by atoms with E-state index < -0.39 is 12.0 Å². The van der Waals surface area contributed by atoms with Crippen LogP contribution < -0.4 is 10.5 Å². The van der Waals surface area contributed by atoms with Gasteiger partial charge in [0.1, 0.15) is 29.5 Å². The molecule has 2 atom stereocenters. The number of aromatic nitrogens is 1. The molecule has 0 saturated carbocycles. The number of carbonyl (C=O) groups is 2. The Hall–Kier alpha value is -3.10. The van der Waals surface area contributed by atoms with Crippen molar-refractivity contribution in [3.05, 3.63) is 77.3 Å². The third-order valence-corrected chi connectivity index (χ3v) is 6.27. The van der Waals surface area contributed by atoms with E-state index in [1.165, 1.54) is 4.90 Å². The summed E-state index contributed by atoms with van der Waals surface area (Å²) < 4.78 is 10.7. The molecule has 0 spiro atoms. The number of β-lactam (4-membered cyclic amide) rings is 1. The number of esters is 1. The maximum Gasteiger partial charge on any atom is 0.355 e. The highest BCUT2D eigenvalue weighted by Gasteiger charge is 2.51. The summed E-state index contributed by atoms with van der Waals surface area (Å²) in [4.78, 5) is 30.8. The molecule has 7 nitrogen and oxygen atoms in total. The molecule has 0 aliphatic carbocycles. The number of benzene rings is 1. The van der Waals surface area contributed by atoms with Crippen LogP contribution in [0.15, 0.2) is 66.1 Å². The smallest absolute Gasteiger partial charge is 0.355 e. The Bertz CT molecular complexity index is 1000. The SMILES string of the molecule is COc1ccc(COC(=O)C2=C(/C=C/c3ccncc3)CS[C@@H]3C(N)C(=O)N23)cc1. The van der Waals surface area contributed by atoms with Crippen LogP contribution in [0, 0.1) is 0 Å². The molecular formula is C22H21N3O4S. The molecule has 1 saturated heterocycles. The summed E-state index contributed by atoms with van der Waals surface area (Å²) in [7, 11) is 1.59. The fraction of sp³-hybridized carbons (Fsp3) is 0.227. The van der Waals surface area contributed by atoms with Gasteiger partial charge in [0.05, 0.1) is 7.11 Å². The third kappa shape index (κ3) is 3.96. The van der Waals surface area contributed by atoms with Crippen LogP contribution in [-0.2, 0) is 20.9 Å². The lowest BCUT2D eigenvalue weighted by atomic mass is 10.0. The van der Waals surface area contributed by atoms with Gasteiger partial charge in [-0.3, -0.25) is 14.7 Å². The lowest BCUT2D eigenvalue weighted by molar-refractivity contribution is -0.151. The van der Waals surface area contributed by atoms with Crippen LogP contribution in [0.4, 0.5) is 0 Å². The number of hydrogen-bond acceptors (Lipinski definition) is 7. The monoisotopic (exact) mass is 423 g/mol.